The average molecular weight is 458 g/mol. The molecule has 2 atom stereocenters. The molecule has 0 spiro atoms. The van der Waals surface area contributed by atoms with Gasteiger partial charge in [-0.05, 0) is 55.0 Å². The lowest BCUT2D eigenvalue weighted by atomic mass is 9.78. The number of halogens is 2. The fourth-order valence-corrected chi connectivity index (χ4v) is 4.75. The topological polar surface area (TPSA) is 65.2 Å². The molecule has 0 bridgehead atoms. The summed E-state index contributed by atoms with van der Waals surface area (Å²) in [5.41, 5.74) is 2.41. The van der Waals surface area contributed by atoms with Crippen molar-refractivity contribution in [1.29, 1.82) is 5.26 Å². The van der Waals surface area contributed by atoms with Gasteiger partial charge in [0.05, 0.1) is 11.1 Å². The summed E-state index contributed by atoms with van der Waals surface area (Å²) in [6, 6.07) is 16.6. The summed E-state index contributed by atoms with van der Waals surface area (Å²) >= 11 is 14.0. The van der Waals surface area contributed by atoms with Crippen LogP contribution in [0, 0.1) is 17.2 Å². The van der Waals surface area contributed by atoms with Gasteiger partial charge in [-0.1, -0.05) is 48.3 Å². The quantitative estimate of drug-likeness (QED) is 0.543. The molecule has 1 aliphatic heterocycles. The molecule has 3 rings (SSSR count). The summed E-state index contributed by atoms with van der Waals surface area (Å²) < 4.78 is 0. The number of hydrogen-bond acceptors (Lipinski definition) is 4. The fourth-order valence-electron chi connectivity index (χ4n) is 3.39. The van der Waals surface area contributed by atoms with E-state index in [1.54, 1.807) is 49.0 Å². The minimum atomic E-state index is -0.587. The molecule has 2 aromatic rings. The van der Waals surface area contributed by atoms with Gasteiger partial charge < -0.3 is 5.32 Å². The van der Waals surface area contributed by atoms with Crippen LogP contribution in [0.25, 0.3) is 0 Å². The van der Waals surface area contributed by atoms with Crippen molar-refractivity contribution < 1.29 is 4.79 Å². The summed E-state index contributed by atoms with van der Waals surface area (Å²) in [5.74, 6) is -0.543. The number of carbonyl (C=O) groups is 1. The van der Waals surface area contributed by atoms with Crippen molar-refractivity contribution in [1.82, 2.24) is 0 Å². The van der Waals surface area contributed by atoms with Crippen molar-refractivity contribution in [2.75, 3.05) is 11.1 Å². The van der Waals surface area contributed by atoms with Crippen LogP contribution in [0.15, 0.2) is 64.8 Å². The van der Waals surface area contributed by atoms with Crippen molar-refractivity contribution >= 4 is 51.6 Å². The van der Waals surface area contributed by atoms with Gasteiger partial charge in [0.25, 0.3) is 5.91 Å². The predicted molar refractivity (Wildman–Crippen MR) is 126 cm³/mol. The van der Waals surface area contributed by atoms with Crippen LogP contribution >= 0.6 is 35.0 Å². The molecule has 0 aromatic heterocycles. The molecule has 154 valence electrons. The molecule has 7 heteroatoms. The van der Waals surface area contributed by atoms with Gasteiger partial charge in [0.15, 0.2) is 0 Å². The van der Waals surface area contributed by atoms with E-state index in [4.69, 9.17) is 23.2 Å². The molecule has 1 aliphatic rings. The molecule has 0 aliphatic carbocycles. The molecule has 0 saturated carbocycles. The number of hydrogen-bond donors (Lipinski definition) is 1. The number of anilines is 1. The maximum atomic E-state index is 13.3. The lowest BCUT2D eigenvalue weighted by molar-refractivity contribution is -0.113. The van der Waals surface area contributed by atoms with E-state index in [0.717, 1.165) is 22.8 Å². The van der Waals surface area contributed by atoms with Gasteiger partial charge >= 0.3 is 0 Å². The number of amides is 1. The largest absolute Gasteiger partial charge is 0.322 e. The van der Waals surface area contributed by atoms with Crippen molar-refractivity contribution in [3.63, 3.8) is 0 Å². The summed E-state index contributed by atoms with van der Waals surface area (Å²) in [6.07, 6.45) is 0.964. The van der Waals surface area contributed by atoms with E-state index in [2.05, 4.69) is 23.3 Å². The first kappa shape index (κ1) is 22.4. The number of allylic oxidation sites excluding steroid dienone is 1. The molecule has 0 fully saturated rings. The highest BCUT2D eigenvalue weighted by Crippen LogP contribution is 2.43. The van der Waals surface area contributed by atoms with Crippen LogP contribution in [0.3, 0.4) is 0 Å². The number of nitriles is 1. The van der Waals surface area contributed by atoms with E-state index in [1.807, 2.05) is 18.2 Å². The van der Waals surface area contributed by atoms with E-state index in [-0.39, 0.29) is 5.91 Å². The molecule has 0 saturated heterocycles. The van der Waals surface area contributed by atoms with Gasteiger partial charge in [0.1, 0.15) is 5.92 Å². The Morgan fingerprint density at radius 1 is 1.20 bits per heavy atom. The summed E-state index contributed by atoms with van der Waals surface area (Å²) in [5, 5.41) is 14.8. The lowest BCUT2D eigenvalue weighted by Crippen LogP contribution is -2.31. The SMILES string of the molecule is CCCSC1=NC(C)=C(C(=O)Nc2ccc(Cl)cc2)[C@H](c2ccccc2Cl)C1C#N. The Balaban J connectivity index is 2.08. The lowest BCUT2D eigenvalue weighted by Gasteiger charge is -2.30. The van der Waals surface area contributed by atoms with E-state index in [9.17, 15) is 10.1 Å². The van der Waals surface area contributed by atoms with Crippen LogP contribution in [0.5, 0.6) is 0 Å². The zero-order valence-electron chi connectivity index (χ0n) is 16.7. The monoisotopic (exact) mass is 457 g/mol. The Labute approximate surface area is 191 Å². The van der Waals surface area contributed by atoms with E-state index in [1.165, 1.54) is 0 Å². The second kappa shape index (κ2) is 10.2. The first-order valence-electron chi connectivity index (χ1n) is 9.59. The molecular weight excluding hydrogens is 437 g/mol. The third-order valence-electron chi connectivity index (χ3n) is 4.76. The minimum Gasteiger partial charge on any atom is -0.322 e. The highest BCUT2D eigenvalue weighted by molar-refractivity contribution is 8.14. The average Bonchev–Trinajstić information content (AvgIpc) is 2.73. The van der Waals surface area contributed by atoms with E-state index >= 15 is 0 Å². The highest BCUT2D eigenvalue weighted by atomic mass is 35.5. The van der Waals surface area contributed by atoms with Crippen LogP contribution in [-0.2, 0) is 4.79 Å². The number of nitrogens with one attached hydrogen (secondary N) is 1. The Kier molecular flexibility index (Phi) is 7.60. The van der Waals surface area contributed by atoms with E-state index < -0.39 is 11.8 Å². The van der Waals surface area contributed by atoms with Gasteiger partial charge in [-0.2, -0.15) is 5.26 Å². The number of rotatable bonds is 5. The number of thioether (sulfide) groups is 1. The zero-order chi connectivity index (χ0) is 21.7. The van der Waals surface area contributed by atoms with Crippen LogP contribution in [-0.4, -0.2) is 16.7 Å². The zero-order valence-corrected chi connectivity index (χ0v) is 19.0. The Morgan fingerprint density at radius 3 is 2.53 bits per heavy atom. The predicted octanol–water partition coefficient (Wildman–Crippen LogP) is 6.68. The van der Waals surface area contributed by atoms with Gasteiger partial charge in [0, 0.05) is 32.9 Å². The van der Waals surface area contributed by atoms with Gasteiger partial charge in [-0.25, -0.2) is 4.99 Å². The molecule has 1 heterocycles. The molecule has 0 radical (unpaired) electrons. The smallest absolute Gasteiger partial charge is 0.254 e. The van der Waals surface area contributed by atoms with Gasteiger partial charge in [-0.15, -0.1) is 11.8 Å². The summed E-state index contributed by atoms with van der Waals surface area (Å²) in [6.45, 7) is 3.89. The molecule has 1 unspecified atom stereocenters. The minimum absolute atomic E-state index is 0.303. The normalized spacial score (nSPS) is 18.6. The number of benzene rings is 2. The van der Waals surface area contributed by atoms with Gasteiger partial charge in [0.2, 0.25) is 0 Å². The van der Waals surface area contributed by atoms with Crippen LogP contribution < -0.4 is 5.32 Å². The third kappa shape index (κ3) is 4.89. The van der Waals surface area contributed by atoms with Crippen LogP contribution in [0.1, 0.15) is 31.7 Å². The maximum absolute atomic E-state index is 13.3. The van der Waals surface area contributed by atoms with Crippen molar-refractivity contribution in [3.05, 3.63) is 75.4 Å². The fraction of sp³-hybridized carbons (Fsp3) is 0.261. The Bertz CT molecular complexity index is 1040. The summed E-state index contributed by atoms with van der Waals surface area (Å²) in [7, 11) is 0. The second-order valence-electron chi connectivity index (χ2n) is 6.86. The maximum Gasteiger partial charge on any atom is 0.254 e. The molecule has 30 heavy (non-hydrogen) atoms. The number of carbonyl (C=O) groups excluding carboxylic acids is 1. The summed E-state index contributed by atoms with van der Waals surface area (Å²) in [4.78, 5) is 18.0. The first-order chi connectivity index (χ1) is 14.5. The van der Waals surface area contributed by atoms with Crippen LogP contribution in [0.2, 0.25) is 10.0 Å². The third-order valence-corrected chi connectivity index (χ3v) is 6.61. The Hall–Kier alpha value is -2.26. The molecule has 4 nitrogen and oxygen atoms in total. The van der Waals surface area contributed by atoms with Crippen molar-refractivity contribution in [3.8, 4) is 6.07 Å². The Morgan fingerprint density at radius 2 is 1.90 bits per heavy atom. The molecule has 2 aromatic carbocycles. The standard InChI is InChI=1S/C23H21Cl2N3OS/c1-3-12-30-23-18(13-26)21(17-6-4-5-7-19(17)25)20(14(2)27-23)22(29)28-16-10-8-15(24)9-11-16/h4-11,18,21H,3,12H2,1-2H3,(H,28,29)/t18?,21-/m1/s1. The van der Waals surface area contributed by atoms with E-state index in [0.29, 0.717) is 27.0 Å². The second-order valence-corrected chi connectivity index (χ2v) is 8.82. The first-order valence-corrected chi connectivity index (χ1v) is 11.3. The van der Waals surface area contributed by atoms with Crippen molar-refractivity contribution in [2.24, 2.45) is 10.9 Å². The molecule has 1 N–H and O–H groups in total. The molecular formula is C23H21Cl2N3OS. The van der Waals surface area contributed by atoms with Crippen molar-refractivity contribution in [2.45, 2.75) is 26.2 Å². The molecule has 1 amide bonds. The number of nitrogens with zero attached hydrogens (tertiary/aromatic N) is 2. The number of aliphatic imine (C=N–C) groups is 1. The van der Waals surface area contributed by atoms with Gasteiger partial charge in [-0.3, -0.25) is 4.79 Å². The van der Waals surface area contributed by atoms with Crippen LogP contribution in [0.4, 0.5) is 5.69 Å². The highest BCUT2D eigenvalue weighted by Gasteiger charge is 2.39.